The molecule has 3 aromatic rings. The minimum Gasteiger partial charge on any atom is -0.378 e. The highest BCUT2D eigenvalue weighted by Crippen LogP contribution is 2.17. The predicted octanol–water partition coefficient (Wildman–Crippen LogP) is 2.16. The summed E-state index contributed by atoms with van der Waals surface area (Å²) < 4.78 is 10.6. The predicted molar refractivity (Wildman–Crippen MR) is 143 cm³/mol. The van der Waals surface area contributed by atoms with Crippen molar-refractivity contribution in [3.63, 3.8) is 0 Å². The van der Waals surface area contributed by atoms with Gasteiger partial charge in [0.25, 0.3) is 5.91 Å². The Labute approximate surface area is 216 Å². The van der Waals surface area contributed by atoms with Crippen molar-refractivity contribution in [1.29, 1.82) is 0 Å². The molecular weight excluding hydrogens is 474 g/mol. The van der Waals surface area contributed by atoms with Crippen molar-refractivity contribution in [2.24, 2.45) is 5.73 Å². The number of nitrogens with two attached hydrogens (primary N) is 1. The van der Waals surface area contributed by atoms with Crippen LogP contribution < -0.4 is 27.0 Å². The molecule has 0 saturated heterocycles. The molecule has 0 fully saturated rings. The standard InChI is InChI=1S/C25H35N9O3/c1-18(2)30-24-32-23(29-17-21-5-3-4-11-27-21)33-25(34-24)31-20-8-6-19(7-9-20)22(35)28-12-14-37-16-15-36-13-10-26/h3-9,11,18H,10,12-17,26H2,1-2H3,(H,28,35)(H3,29,30,31,32,33,34). The van der Waals surface area contributed by atoms with Crippen LogP contribution in [0.5, 0.6) is 0 Å². The highest BCUT2D eigenvalue weighted by Gasteiger charge is 2.10. The topological polar surface area (TPSA) is 161 Å². The summed E-state index contributed by atoms with van der Waals surface area (Å²) in [5.74, 6) is 1.04. The van der Waals surface area contributed by atoms with Gasteiger partial charge in [0.1, 0.15) is 0 Å². The van der Waals surface area contributed by atoms with E-state index in [-0.39, 0.29) is 11.9 Å². The Morgan fingerprint density at radius 2 is 1.65 bits per heavy atom. The van der Waals surface area contributed by atoms with Crippen molar-refractivity contribution in [2.45, 2.75) is 26.4 Å². The van der Waals surface area contributed by atoms with Crippen LogP contribution in [0, 0.1) is 0 Å². The van der Waals surface area contributed by atoms with Crippen molar-refractivity contribution < 1.29 is 14.3 Å². The molecule has 0 unspecified atom stereocenters. The number of benzene rings is 1. The first kappa shape index (κ1) is 27.7. The first-order valence-corrected chi connectivity index (χ1v) is 12.2. The Hall–Kier alpha value is -3.87. The normalized spacial score (nSPS) is 10.8. The molecule has 12 heteroatoms. The lowest BCUT2D eigenvalue weighted by Gasteiger charge is -2.13. The number of carbonyl (C=O) groups is 1. The van der Waals surface area contributed by atoms with Crippen LogP contribution in [-0.4, -0.2) is 71.4 Å². The molecule has 2 heterocycles. The summed E-state index contributed by atoms with van der Waals surface area (Å²) in [6, 6.07) is 12.9. The van der Waals surface area contributed by atoms with Crippen molar-refractivity contribution in [2.75, 3.05) is 55.5 Å². The summed E-state index contributed by atoms with van der Waals surface area (Å²) in [4.78, 5) is 30.1. The molecule has 1 amide bonds. The van der Waals surface area contributed by atoms with E-state index < -0.39 is 0 Å². The molecule has 3 rings (SSSR count). The molecule has 0 aliphatic heterocycles. The summed E-state index contributed by atoms with van der Waals surface area (Å²) in [7, 11) is 0. The van der Waals surface area contributed by atoms with E-state index >= 15 is 0 Å². The summed E-state index contributed by atoms with van der Waals surface area (Å²) in [6.45, 7) is 7.24. The van der Waals surface area contributed by atoms with Gasteiger partial charge in [-0.3, -0.25) is 9.78 Å². The maximum atomic E-state index is 12.4. The van der Waals surface area contributed by atoms with Gasteiger partial charge >= 0.3 is 0 Å². The van der Waals surface area contributed by atoms with Crippen LogP contribution in [0.2, 0.25) is 0 Å². The van der Waals surface area contributed by atoms with Crippen LogP contribution >= 0.6 is 0 Å². The third kappa shape index (κ3) is 10.3. The summed E-state index contributed by atoms with van der Waals surface area (Å²) in [6.07, 6.45) is 1.74. The minimum atomic E-state index is -0.181. The number of aromatic nitrogens is 4. The Morgan fingerprint density at radius 3 is 2.35 bits per heavy atom. The first-order valence-electron chi connectivity index (χ1n) is 12.2. The van der Waals surface area contributed by atoms with Gasteiger partial charge in [0.05, 0.1) is 38.7 Å². The zero-order chi connectivity index (χ0) is 26.3. The Kier molecular flexibility index (Phi) is 11.5. The molecule has 0 spiro atoms. The van der Waals surface area contributed by atoms with Crippen molar-refractivity contribution in [3.8, 4) is 0 Å². The van der Waals surface area contributed by atoms with E-state index in [2.05, 4.69) is 41.2 Å². The van der Waals surface area contributed by atoms with Gasteiger partial charge in [-0.25, -0.2) is 0 Å². The molecule has 0 atom stereocenters. The highest BCUT2D eigenvalue weighted by molar-refractivity contribution is 5.94. The van der Waals surface area contributed by atoms with E-state index in [1.807, 2.05) is 32.0 Å². The molecule has 0 aliphatic carbocycles. The fourth-order valence-corrected chi connectivity index (χ4v) is 3.08. The average molecular weight is 510 g/mol. The molecule has 198 valence electrons. The van der Waals surface area contributed by atoms with E-state index in [1.165, 1.54) is 0 Å². The van der Waals surface area contributed by atoms with Gasteiger partial charge < -0.3 is 36.5 Å². The third-order valence-electron chi connectivity index (χ3n) is 4.78. The Morgan fingerprint density at radius 1 is 0.919 bits per heavy atom. The molecule has 0 bridgehead atoms. The van der Waals surface area contributed by atoms with Gasteiger partial charge in [-0.2, -0.15) is 15.0 Å². The summed E-state index contributed by atoms with van der Waals surface area (Å²) in [5.41, 5.74) is 7.49. The van der Waals surface area contributed by atoms with Crippen LogP contribution in [0.4, 0.5) is 23.5 Å². The molecule has 2 aromatic heterocycles. The summed E-state index contributed by atoms with van der Waals surface area (Å²) >= 11 is 0. The molecule has 1 aromatic carbocycles. The number of hydrogen-bond donors (Lipinski definition) is 5. The third-order valence-corrected chi connectivity index (χ3v) is 4.78. The smallest absolute Gasteiger partial charge is 0.251 e. The first-order chi connectivity index (χ1) is 18.0. The zero-order valence-electron chi connectivity index (χ0n) is 21.2. The molecular formula is C25H35N9O3. The molecule has 0 saturated carbocycles. The number of anilines is 4. The molecule has 12 nitrogen and oxygen atoms in total. The van der Waals surface area contributed by atoms with Crippen LogP contribution in [0.3, 0.4) is 0 Å². The number of nitrogens with one attached hydrogen (secondary N) is 4. The van der Waals surface area contributed by atoms with E-state index in [0.717, 1.165) is 11.4 Å². The van der Waals surface area contributed by atoms with Crippen LogP contribution in [0.1, 0.15) is 29.9 Å². The quantitative estimate of drug-likeness (QED) is 0.180. The SMILES string of the molecule is CC(C)Nc1nc(NCc2ccccn2)nc(Nc2ccc(C(=O)NCCOCCOCCN)cc2)n1. The number of ether oxygens (including phenoxy) is 2. The lowest BCUT2D eigenvalue weighted by atomic mass is 10.2. The highest BCUT2D eigenvalue weighted by atomic mass is 16.5. The lowest BCUT2D eigenvalue weighted by Crippen LogP contribution is -2.27. The summed E-state index contributed by atoms with van der Waals surface area (Å²) in [5, 5.41) is 12.4. The Bertz CT molecular complexity index is 1080. The fraction of sp³-hybridized carbons (Fsp3) is 0.400. The van der Waals surface area contributed by atoms with Gasteiger partial charge in [-0.05, 0) is 50.2 Å². The average Bonchev–Trinajstić information content (AvgIpc) is 2.89. The molecule has 0 aliphatic rings. The maximum Gasteiger partial charge on any atom is 0.251 e. The number of amides is 1. The van der Waals surface area contributed by atoms with E-state index in [4.69, 9.17) is 15.2 Å². The van der Waals surface area contributed by atoms with Crippen molar-refractivity contribution >= 4 is 29.4 Å². The van der Waals surface area contributed by atoms with Gasteiger partial charge in [-0.1, -0.05) is 6.07 Å². The molecule has 6 N–H and O–H groups in total. The maximum absolute atomic E-state index is 12.4. The second-order valence-electron chi connectivity index (χ2n) is 8.25. The number of hydrogen-bond acceptors (Lipinski definition) is 11. The van der Waals surface area contributed by atoms with Gasteiger partial charge in [0.2, 0.25) is 17.8 Å². The van der Waals surface area contributed by atoms with E-state index in [1.54, 1.807) is 30.5 Å². The minimum absolute atomic E-state index is 0.145. The van der Waals surface area contributed by atoms with E-state index in [9.17, 15) is 4.79 Å². The van der Waals surface area contributed by atoms with Crippen LogP contribution in [0.25, 0.3) is 0 Å². The lowest BCUT2D eigenvalue weighted by molar-refractivity contribution is 0.0511. The number of pyridine rings is 1. The van der Waals surface area contributed by atoms with Crippen molar-refractivity contribution in [1.82, 2.24) is 25.3 Å². The molecule has 0 radical (unpaired) electrons. The fourth-order valence-electron chi connectivity index (χ4n) is 3.08. The second kappa shape index (κ2) is 15.3. The molecule has 37 heavy (non-hydrogen) atoms. The zero-order valence-corrected chi connectivity index (χ0v) is 21.2. The van der Waals surface area contributed by atoms with E-state index in [0.29, 0.717) is 69.5 Å². The van der Waals surface area contributed by atoms with Crippen molar-refractivity contribution in [3.05, 3.63) is 59.9 Å². The number of rotatable bonds is 16. The largest absolute Gasteiger partial charge is 0.378 e. The second-order valence-corrected chi connectivity index (χ2v) is 8.25. The van der Waals surface area contributed by atoms with Gasteiger partial charge in [0.15, 0.2) is 0 Å². The number of carbonyl (C=O) groups excluding carboxylic acids is 1. The Balaban J connectivity index is 1.54. The monoisotopic (exact) mass is 509 g/mol. The van der Waals surface area contributed by atoms with Crippen LogP contribution in [-0.2, 0) is 16.0 Å². The van der Waals surface area contributed by atoms with Gasteiger partial charge in [0, 0.05) is 36.6 Å². The van der Waals surface area contributed by atoms with Crippen LogP contribution in [0.15, 0.2) is 48.7 Å². The number of nitrogens with zero attached hydrogens (tertiary/aromatic N) is 4. The van der Waals surface area contributed by atoms with Gasteiger partial charge in [-0.15, -0.1) is 0 Å².